The molecule has 5 heteroatoms. The van der Waals surface area contributed by atoms with Crippen molar-refractivity contribution in [2.45, 2.75) is 26.7 Å². The van der Waals surface area contributed by atoms with E-state index < -0.39 is 0 Å². The van der Waals surface area contributed by atoms with E-state index in [0.717, 1.165) is 0 Å². The Morgan fingerprint density at radius 3 is 2.33 bits per heavy atom. The molecule has 0 aromatic heterocycles. The number of nitrogens with one attached hydrogen (secondary N) is 3. The molecule has 0 saturated heterocycles. The first-order chi connectivity index (χ1) is 8.54. The second kappa shape index (κ2) is 6.96. The first-order valence-corrected chi connectivity index (χ1v) is 6.39. The predicted octanol–water partition coefficient (Wildman–Crippen LogP) is 1.94. The summed E-state index contributed by atoms with van der Waals surface area (Å²) in [4.78, 5) is 11.8. The van der Waals surface area contributed by atoms with Crippen molar-refractivity contribution in [2.24, 2.45) is 0 Å². The van der Waals surface area contributed by atoms with Crippen LogP contribution in [0.25, 0.3) is 0 Å². The zero-order valence-electron chi connectivity index (χ0n) is 10.9. The molecule has 0 spiro atoms. The summed E-state index contributed by atoms with van der Waals surface area (Å²) in [6, 6.07) is 7.54. The van der Waals surface area contributed by atoms with Gasteiger partial charge in [0.25, 0.3) is 5.91 Å². The molecule has 98 valence electrons. The predicted molar refractivity (Wildman–Crippen MR) is 77.4 cm³/mol. The van der Waals surface area contributed by atoms with E-state index in [1.165, 1.54) is 5.56 Å². The molecule has 0 atom stereocenters. The Hall–Kier alpha value is -1.62. The molecule has 0 fully saturated rings. The molecule has 0 aliphatic carbocycles. The Morgan fingerprint density at radius 1 is 1.22 bits per heavy atom. The number of hydrazine groups is 1. The standard InChI is InChI=1S/C13H19N3OS/c1-4-14-13(18)16-15-12(17)11-7-5-10(6-8-11)9(2)3/h5-9H,4H2,1-3H3,(H,15,17)(H2,14,16,18). The Morgan fingerprint density at radius 2 is 1.83 bits per heavy atom. The van der Waals surface area contributed by atoms with Crippen molar-refractivity contribution in [3.63, 3.8) is 0 Å². The van der Waals surface area contributed by atoms with Crippen LogP contribution in [-0.4, -0.2) is 17.6 Å². The first-order valence-electron chi connectivity index (χ1n) is 5.98. The van der Waals surface area contributed by atoms with Crippen LogP contribution < -0.4 is 16.2 Å². The first kappa shape index (κ1) is 14.4. The van der Waals surface area contributed by atoms with Crippen molar-refractivity contribution in [1.29, 1.82) is 0 Å². The van der Waals surface area contributed by atoms with Crippen LogP contribution in [0.15, 0.2) is 24.3 Å². The van der Waals surface area contributed by atoms with Gasteiger partial charge in [-0.2, -0.15) is 0 Å². The van der Waals surface area contributed by atoms with Crippen molar-refractivity contribution in [3.8, 4) is 0 Å². The fourth-order valence-electron chi connectivity index (χ4n) is 1.41. The lowest BCUT2D eigenvalue weighted by Crippen LogP contribution is -2.46. The minimum atomic E-state index is -0.203. The molecule has 1 amide bonds. The molecule has 0 radical (unpaired) electrons. The van der Waals surface area contributed by atoms with Crippen LogP contribution in [0.4, 0.5) is 0 Å². The van der Waals surface area contributed by atoms with E-state index in [9.17, 15) is 4.79 Å². The van der Waals surface area contributed by atoms with Gasteiger partial charge in [-0.15, -0.1) is 0 Å². The molecule has 18 heavy (non-hydrogen) atoms. The second-order valence-corrected chi connectivity index (χ2v) is 4.62. The fourth-order valence-corrected chi connectivity index (χ4v) is 1.61. The summed E-state index contributed by atoms with van der Waals surface area (Å²) in [6.07, 6.45) is 0. The minimum absolute atomic E-state index is 0.203. The topological polar surface area (TPSA) is 53.2 Å². The molecular weight excluding hydrogens is 246 g/mol. The lowest BCUT2D eigenvalue weighted by molar-refractivity contribution is 0.0943. The Kier molecular flexibility index (Phi) is 5.58. The van der Waals surface area contributed by atoms with E-state index in [1.54, 1.807) is 0 Å². The van der Waals surface area contributed by atoms with E-state index in [2.05, 4.69) is 30.0 Å². The molecule has 0 unspecified atom stereocenters. The van der Waals surface area contributed by atoms with Crippen molar-refractivity contribution in [1.82, 2.24) is 16.2 Å². The van der Waals surface area contributed by atoms with Crippen LogP contribution in [0, 0.1) is 0 Å². The number of carbonyl (C=O) groups excluding carboxylic acids is 1. The van der Waals surface area contributed by atoms with Crippen molar-refractivity contribution >= 4 is 23.2 Å². The Balaban J connectivity index is 2.54. The maximum absolute atomic E-state index is 11.8. The lowest BCUT2D eigenvalue weighted by Gasteiger charge is -2.11. The Bertz CT molecular complexity index is 415. The third-order valence-electron chi connectivity index (χ3n) is 2.47. The van der Waals surface area contributed by atoms with Gasteiger partial charge in [-0.3, -0.25) is 15.6 Å². The van der Waals surface area contributed by atoms with Crippen LogP contribution in [0.5, 0.6) is 0 Å². The number of carbonyl (C=O) groups is 1. The van der Waals surface area contributed by atoms with Crippen molar-refractivity contribution in [2.75, 3.05) is 6.54 Å². The summed E-state index contributed by atoms with van der Waals surface area (Å²) < 4.78 is 0. The highest BCUT2D eigenvalue weighted by Gasteiger charge is 2.06. The molecule has 0 saturated carbocycles. The second-order valence-electron chi connectivity index (χ2n) is 4.22. The summed E-state index contributed by atoms with van der Waals surface area (Å²) in [5.41, 5.74) is 6.99. The van der Waals surface area contributed by atoms with Gasteiger partial charge in [0.2, 0.25) is 0 Å². The summed E-state index contributed by atoms with van der Waals surface area (Å²) in [5, 5.41) is 3.29. The summed E-state index contributed by atoms with van der Waals surface area (Å²) in [6.45, 7) is 6.88. The van der Waals surface area contributed by atoms with Crippen molar-refractivity contribution in [3.05, 3.63) is 35.4 Å². The maximum Gasteiger partial charge on any atom is 0.269 e. The number of hydrogen-bond donors (Lipinski definition) is 3. The van der Waals surface area contributed by atoms with Gasteiger partial charge in [-0.1, -0.05) is 26.0 Å². The van der Waals surface area contributed by atoms with Gasteiger partial charge in [-0.05, 0) is 42.8 Å². The highest BCUT2D eigenvalue weighted by molar-refractivity contribution is 7.80. The molecule has 0 bridgehead atoms. The van der Waals surface area contributed by atoms with E-state index in [-0.39, 0.29) is 5.91 Å². The molecule has 0 aliphatic rings. The zero-order valence-corrected chi connectivity index (χ0v) is 11.7. The molecular formula is C13H19N3OS. The zero-order chi connectivity index (χ0) is 13.5. The van der Waals surface area contributed by atoms with Crippen molar-refractivity contribution < 1.29 is 4.79 Å². The van der Waals surface area contributed by atoms with Crippen LogP contribution in [0.2, 0.25) is 0 Å². The molecule has 1 rings (SSSR count). The number of amides is 1. The smallest absolute Gasteiger partial charge is 0.269 e. The number of thiocarbonyl (C=S) groups is 1. The molecule has 3 N–H and O–H groups in total. The third kappa shape index (κ3) is 4.33. The quantitative estimate of drug-likeness (QED) is 0.577. The van der Waals surface area contributed by atoms with Crippen LogP contribution >= 0.6 is 12.2 Å². The van der Waals surface area contributed by atoms with Gasteiger partial charge in [0.15, 0.2) is 5.11 Å². The van der Waals surface area contributed by atoms with Gasteiger partial charge in [0.05, 0.1) is 0 Å². The van der Waals surface area contributed by atoms with E-state index in [1.807, 2.05) is 31.2 Å². The van der Waals surface area contributed by atoms with Gasteiger partial charge in [0.1, 0.15) is 0 Å². The number of hydrogen-bond acceptors (Lipinski definition) is 2. The molecule has 1 aromatic carbocycles. The average molecular weight is 265 g/mol. The van der Waals surface area contributed by atoms with Crippen LogP contribution in [0.3, 0.4) is 0 Å². The molecule has 0 aliphatic heterocycles. The number of rotatable bonds is 3. The normalized spacial score (nSPS) is 10.0. The average Bonchev–Trinajstić information content (AvgIpc) is 2.36. The SMILES string of the molecule is CCNC(=S)NNC(=O)c1ccc(C(C)C)cc1. The monoisotopic (exact) mass is 265 g/mol. The maximum atomic E-state index is 11.8. The largest absolute Gasteiger partial charge is 0.362 e. The van der Waals surface area contributed by atoms with E-state index in [0.29, 0.717) is 23.1 Å². The van der Waals surface area contributed by atoms with Gasteiger partial charge in [-0.25, -0.2) is 0 Å². The van der Waals surface area contributed by atoms with Gasteiger partial charge >= 0.3 is 0 Å². The minimum Gasteiger partial charge on any atom is -0.362 e. The lowest BCUT2D eigenvalue weighted by atomic mass is 10.0. The molecule has 4 nitrogen and oxygen atoms in total. The summed E-state index contributed by atoms with van der Waals surface area (Å²) >= 11 is 4.94. The highest BCUT2D eigenvalue weighted by Crippen LogP contribution is 2.14. The fraction of sp³-hybridized carbons (Fsp3) is 0.385. The molecule has 1 aromatic rings. The summed E-state index contributed by atoms with van der Waals surface area (Å²) in [7, 11) is 0. The van der Waals surface area contributed by atoms with E-state index >= 15 is 0 Å². The van der Waals surface area contributed by atoms with Gasteiger partial charge in [0, 0.05) is 12.1 Å². The third-order valence-corrected chi connectivity index (χ3v) is 2.71. The van der Waals surface area contributed by atoms with Gasteiger partial charge < -0.3 is 5.32 Å². The highest BCUT2D eigenvalue weighted by atomic mass is 32.1. The van der Waals surface area contributed by atoms with Crippen LogP contribution in [0.1, 0.15) is 42.6 Å². The number of benzene rings is 1. The summed E-state index contributed by atoms with van der Waals surface area (Å²) in [5.74, 6) is 0.257. The molecule has 0 heterocycles. The Labute approximate surface area is 113 Å². The van der Waals surface area contributed by atoms with E-state index in [4.69, 9.17) is 12.2 Å². The van der Waals surface area contributed by atoms with Crippen LogP contribution in [-0.2, 0) is 0 Å².